The molecular weight excluding hydrogens is 262 g/mol. The normalized spacial score (nSPS) is 17.2. The molecule has 9 nitrogen and oxygen atoms in total. The third-order valence-corrected chi connectivity index (χ3v) is 2.05. The maximum atomic E-state index is 11.3. The molecule has 0 aromatic rings. The molecule has 2 unspecified atom stereocenters. The quantitative estimate of drug-likeness (QED) is 0.287. The van der Waals surface area contributed by atoms with Crippen LogP contribution in [0.15, 0.2) is 0 Å². The summed E-state index contributed by atoms with van der Waals surface area (Å²) >= 11 is 0. The van der Waals surface area contributed by atoms with E-state index < -0.39 is 36.9 Å². The molecule has 0 aromatic carbocycles. The van der Waals surface area contributed by atoms with E-state index in [4.69, 9.17) is 9.84 Å². The Morgan fingerprint density at radius 1 is 1.26 bits per heavy atom. The molecular formula is C10H19NO8. The van der Waals surface area contributed by atoms with Crippen LogP contribution in [0.2, 0.25) is 0 Å². The van der Waals surface area contributed by atoms with E-state index >= 15 is 0 Å². The van der Waals surface area contributed by atoms with Crippen LogP contribution in [0.3, 0.4) is 0 Å². The summed E-state index contributed by atoms with van der Waals surface area (Å²) in [4.78, 5) is 22.0. The number of aliphatic hydroxyl groups is 3. The molecule has 9 heteroatoms. The molecule has 0 aliphatic rings. The lowest BCUT2D eigenvalue weighted by molar-refractivity contribution is -0.293. The van der Waals surface area contributed by atoms with Gasteiger partial charge in [-0.2, -0.15) is 0 Å². The molecule has 112 valence electrons. The van der Waals surface area contributed by atoms with Crippen LogP contribution in [0.5, 0.6) is 0 Å². The van der Waals surface area contributed by atoms with E-state index in [0.29, 0.717) is 0 Å². The lowest BCUT2D eigenvalue weighted by Crippen LogP contribution is -2.51. The molecule has 0 fully saturated rings. The summed E-state index contributed by atoms with van der Waals surface area (Å²) in [6.07, 6.45) is 0. The maximum absolute atomic E-state index is 11.3. The summed E-state index contributed by atoms with van der Waals surface area (Å²) in [6.45, 7) is 0.434. The van der Waals surface area contributed by atoms with Crippen molar-refractivity contribution < 1.29 is 39.1 Å². The van der Waals surface area contributed by atoms with E-state index in [-0.39, 0.29) is 6.54 Å². The first-order chi connectivity index (χ1) is 8.67. The van der Waals surface area contributed by atoms with Crippen molar-refractivity contribution in [3.05, 3.63) is 0 Å². The van der Waals surface area contributed by atoms with Gasteiger partial charge in [0.1, 0.15) is 13.4 Å². The Hall–Kier alpha value is -1.26. The van der Waals surface area contributed by atoms with Crippen LogP contribution in [0.25, 0.3) is 0 Å². The highest BCUT2D eigenvalue weighted by atomic mass is 16.7. The fourth-order valence-electron chi connectivity index (χ4n) is 1.02. The number of hydrogen-bond donors (Lipinski definition) is 4. The standard InChI is InChI=1S/C10H19NO8/c1-7(13)11-4-9(2,15)18-5-10(16,19-6-12)8(14)17-3/h12,15-16H,4-6H2,1-3H3,(H,11,13). The number of esters is 1. The van der Waals surface area contributed by atoms with Crippen LogP contribution < -0.4 is 5.32 Å². The molecule has 0 saturated carbocycles. The predicted molar refractivity (Wildman–Crippen MR) is 60.4 cm³/mol. The second-order valence-electron chi connectivity index (χ2n) is 3.92. The fraction of sp³-hybridized carbons (Fsp3) is 0.800. The molecule has 2 atom stereocenters. The van der Waals surface area contributed by atoms with Gasteiger partial charge < -0.3 is 34.8 Å². The van der Waals surface area contributed by atoms with Crippen molar-refractivity contribution in [2.45, 2.75) is 25.4 Å². The zero-order valence-electron chi connectivity index (χ0n) is 11.0. The number of methoxy groups -OCH3 is 1. The van der Waals surface area contributed by atoms with Crippen molar-refractivity contribution in [3.63, 3.8) is 0 Å². The minimum Gasteiger partial charge on any atom is -0.465 e. The van der Waals surface area contributed by atoms with Gasteiger partial charge in [0.15, 0.2) is 5.79 Å². The molecule has 19 heavy (non-hydrogen) atoms. The highest BCUT2D eigenvalue weighted by Gasteiger charge is 2.41. The molecule has 0 radical (unpaired) electrons. The van der Waals surface area contributed by atoms with Crippen LogP contribution in [-0.4, -0.2) is 65.8 Å². The predicted octanol–water partition coefficient (Wildman–Crippen LogP) is -2.32. The van der Waals surface area contributed by atoms with Crippen LogP contribution in [0, 0.1) is 0 Å². The molecule has 0 aliphatic carbocycles. The molecule has 0 bridgehead atoms. The summed E-state index contributed by atoms with van der Waals surface area (Å²) in [7, 11) is 1.00. The second kappa shape index (κ2) is 7.36. The van der Waals surface area contributed by atoms with E-state index in [2.05, 4.69) is 14.8 Å². The van der Waals surface area contributed by atoms with Crippen molar-refractivity contribution in [2.75, 3.05) is 27.1 Å². The Balaban J connectivity index is 4.53. The zero-order chi connectivity index (χ0) is 15.1. The number of nitrogens with one attached hydrogen (secondary N) is 1. The molecule has 0 spiro atoms. The van der Waals surface area contributed by atoms with E-state index in [0.717, 1.165) is 7.11 Å². The molecule has 0 aliphatic heterocycles. The molecule has 0 rings (SSSR count). The highest BCUT2D eigenvalue weighted by molar-refractivity contribution is 5.77. The summed E-state index contributed by atoms with van der Waals surface area (Å²) in [5.74, 6) is -5.98. The van der Waals surface area contributed by atoms with Gasteiger partial charge in [0.2, 0.25) is 5.91 Å². The monoisotopic (exact) mass is 281 g/mol. The van der Waals surface area contributed by atoms with Gasteiger partial charge in [-0.1, -0.05) is 0 Å². The summed E-state index contributed by atoms with van der Waals surface area (Å²) in [5, 5.41) is 30.4. The van der Waals surface area contributed by atoms with Crippen LogP contribution in [-0.2, 0) is 23.8 Å². The molecule has 1 amide bonds. The second-order valence-corrected chi connectivity index (χ2v) is 3.92. The minimum absolute atomic E-state index is 0.265. The summed E-state index contributed by atoms with van der Waals surface area (Å²) in [6, 6.07) is 0. The largest absolute Gasteiger partial charge is 0.465 e. The van der Waals surface area contributed by atoms with Crippen molar-refractivity contribution in [3.8, 4) is 0 Å². The van der Waals surface area contributed by atoms with Crippen molar-refractivity contribution in [2.24, 2.45) is 0 Å². The summed E-state index contributed by atoms with van der Waals surface area (Å²) in [5.41, 5.74) is 0. The van der Waals surface area contributed by atoms with E-state index in [9.17, 15) is 19.8 Å². The summed E-state index contributed by atoms with van der Waals surface area (Å²) < 4.78 is 13.6. The Kier molecular flexibility index (Phi) is 6.87. The molecule has 4 N–H and O–H groups in total. The Morgan fingerprint density at radius 2 is 1.84 bits per heavy atom. The third kappa shape index (κ3) is 6.45. The van der Waals surface area contributed by atoms with Crippen molar-refractivity contribution in [1.29, 1.82) is 0 Å². The van der Waals surface area contributed by atoms with Crippen molar-refractivity contribution in [1.82, 2.24) is 5.32 Å². The Morgan fingerprint density at radius 3 is 2.26 bits per heavy atom. The topological polar surface area (TPSA) is 135 Å². The Bertz CT molecular complexity index is 319. The maximum Gasteiger partial charge on any atom is 0.369 e. The highest BCUT2D eigenvalue weighted by Crippen LogP contribution is 2.14. The average molecular weight is 281 g/mol. The number of amides is 1. The smallest absolute Gasteiger partial charge is 0.369 e. The number of ether oxygens (including phenoxy) is 3. The number of hydrogen-bond acceptors (Lipinski definition) is 8. The molecule has 0 heterocycles. The Labute approximate surface area is 110 Å². The van der Waals surface area contributed by atoms with Gasteiger partial charge in [0, 0.05) is 6.92 Å². The molecule has 0 saturated heterocycles. The van der Waals surface area contributed by atoms with Gasteiger partial charge in [-0.15, -0.1) is 0 Å². The van der Waals surface area contributed by atoms with Gasteiger partial charge in [-0.3, -0.25) is 4.79 Å². The van der Waals surface area contributed by atoms with Gasteiger partial charge in [-0.25, -0.2) is 4.79 Å². The van der Waals surface area contributed by atoms with E-state index in [1.165, 1.54) is 13.8 Å². The van der Waals surface area contributed by atoms with Crippen LogP contribution in [0.4, 0.5) is 0 Å². The number of aliphatic hydroxyl groups excluding tert-OH is 1. The SMILES string of the molecule is COC(=O)C(O)(COC(C)(O)CNC(C)=O)OCO. The van der Waals surface area contributed by atoms with Crippen LogP contribution >= 0.6 is 0 Å². The van der Waals surface area contributed by atoms with Gasteiger partial charge in [0.25, 0.3) is 5.79 Å². The van der Waals surface area contributed by atoms with Gasteiger partial charge in [0.05, 0.1) is 13.7 Å². The van der Waals surface area contributed by atoms with Crippen molar-refractivity contribution >= 4 is 11.9 Å². The lowest BCUT2D eigenvalue weighted by atomic mass is 10.2. The van der Waals surface area contributed by atoms with E-state index in [1.807, 2.05) is 0 Å². The first-order valence-electron chi connectivity index (χ1n) is 5.33. The van der Waals surface area contributed by atoms with Gasteiger partial charge >= 0.3 is 5.97 Å². The van der Waals surface area contributed by atoms with Gasteiger partial charge in [-0.05, 0) is 6.92 Å². The first kappa shape index (κ1) is 17.7. The average Bonchev–Trinajstić information content (AvgIpc) is 2.34. The third-order valence-electron chi connectivity index (χ3n) is 2.05. The fourth-order valence-corrected chi connectivity index (χ4v) is 1.02. The minimum atomic E-state index is -2.55. The van der Waals surface area contributed by atoms with E-state index in [1.54, 1.807) is 0 Å². The molecule has 0 aromatic heterocycles. The number of rotatable bonds is 8. The number of carbonyl (C=O) groups is 2. The number of carbonyl (C=O) groups excluding carboxylic acids is 2. The lowest BCUT2D eigenvalue weighted by Gasteiger charge is -2.29. The first-order valence-corrected chi connectivity index (χ1v) is 5.33. The van der Waals surface area contributed by atoms with Crippen LogP contribution in [0.1, 0.15) is 13.8 Å². The zero-order valence-corrected chi connectivity index (χ0v) is 11.0.